The Morgan fingerprint density at radius 1 is 0.300 bits per heavy atom. The molecule has 0 aliphatic heterocycles. The minimum atomic E-state index is -0.654. The van der Waals surface area contributed by atoms with Crippen LogP contribution in [0.2, 0.25) is 0 Å². The Morgan fingerprint density at radius 3 is 0.633 bits per heavy atom. The van der Waals surface area contributed by atoms with Crippen LogP contribution in [0.25, 0.3) is 0 Å². The molecule has 0 atom stereocenters. The van der Waals surface area contributed by atoms with Gasteiger partial charge >= 0.3 is 207 Å². The Hall–Kier alpha value is -1.35. The second-order valence-electron chi connectivity index (χ2n) is 7.57. The van der Waals surface area contributed by atoms with Crippen LogP contribution in [0.3, 0.4) is 0 Å². The van der Waals surface area contributed by atoms with E-state index in [9.17, 15) is 0 Å². The van der Waals surface area contributed by atoms with Gasteiger partial charge in [-0.2, -0.15) is 0 Å². The van der Waals surface area contributed by atoms with Gasteiger partial charge in [-0.15, -0.1) is 0 Å². The number of benzene rings is 4. The second kappa shape index (κ2) is 11.9. The molecular weight excluding hydrogens is 754 g/mol. The van der Waals surface area contributed by atoms with Crippen LogP contribution < -0.4 is 13.1 Å². The van der Waals surface area contributed by atoms with E-state index in [0.29, 0.717) is 0 Å². The molecule has 0 N–H and O–H groups in total. The van der Waals surface area contributed by atoms with Crippen molar-refractivity contribution in [1.82, 2.24) is 0 Å². The summed E-state index contributed by atoms with van der Waals surface area (Å²) in [4.78, 5) is 0. The van der Waals surface area contributed by atoms with Crippen LogP contribution in [0, 0.1) is 27.7 Å². The molecule has 0 spiro atoms. The zero-order valence-electron chi connectivity index (χ0n) is 18.1. The SMILES string of the molecule is Cc1cc[c]([Bi][c]2ccc(C)cc2)cc1.Cc1cc[c]([Bi][c]2ccc(C)cc2)cc1. The van der Waals surface area contributed by atoms with Gasteiger partial charge in [-0.05, 0) is 0 Å². The van der Waals surface area contributed by atoms with E-state index < -0.39 is 46.5 Å². The van der Waals surface area contributed by atoms with Crippen molar-refractivity contribution in [3.05, 3.63) is 119 Å². The molecule has 2 heteroatoms. The number of hydrogen-bond donors (Lipinski definition) is 0. The molecule has 0 nitrogen and oxygen atoms in total. The summed E-state index contributed by atoms with van der Waals surface area (Å²) in [5, 5.41) is 0. The molecule has 0 bridgehead atoms. The monoisotopic (exact) mass is 782 g/mol. The molecule has 0 unspecified atom stereocenters. The molecule has 4 aromatic rings. The molecule has 0 aliphatic carbocycles. The van der Waals surface area contributed by atoms with Crippen LogP contribution in [0.5, 0.6) is 0 Å². The van der Waals surface area contributed by atoms with E-state index >= 15 is 0 Å². The third kappa shape index (κ3) is 8.05. The van der Waals surface area contributed by atoms with E-state index in [1.54, 1.807) is 13.1 Å². The van der Waals surface area contributed by atoms with Gasteiger partial charge in [0.05, 0.1) is 0 Å². The fourth-order valence-corrected chi connectivity index (χ4v) is 9.73. The first-order valence-corrected chi connectivity index (χ1v) is 17.1. The zero-order valence-corrected chi connectivity index (χ0v) is 25.1. The van der Waals surface area contributed by atoms with Crippen LogP contribution in [-0.4, -0.2) is 46.5 Å². The van der Waals surface area contributed by atoms with E-state index in [4.69, 9.17) is 0 Å². The first-order chi connectivity index (χ1) is 14.5. The van der Waals surface area contributed by atoms with Crippen LogP contribution >= 0.6 is 0 Å². The Bertz CT molecular complexity index is 854. The normalized spacial score (nSPS) is 10.3. The summed E-state index contributed by atoms with van der Waals surface area (Å²) in [6.45, 7) is 8.56. The summed E-state index contributed by atoms with van der Waals surface area (Å²) < 4.78 is 6.24. The predicted octanol–water partition coefficient (Wildman–Crippen LogP) is 3.92. The van der Waals surface area contributed by atoms with Crippen molar-refractivity contribution in [1.29, 1.82) is 0 Å². The first kappa shape index (κ1) is 23.3. The Kier molecular flexibility index (Phi) is 9.23. The Labute approximate surface area is 204 Å². The molecule has 2 radical (unpaired) electrons. The summed E-state index contributed by atoms with van der Waals surface area (Å²) in [5.41, 5.74) is 5.40. The van der Waals surface area contributed by atoms with Crippen molar-refractivity contribution in [3.63, 3.8) is 0 Å². The van der Waals surface area contributed by atoms with Gasteiger partial charge in [0.25, 0.3) is 0 Å². The third-order valence-corrected chi connectivity index (χ3v) is 13.3. The van der Waals surface area contributed by atoms with Crippen LogP contribution in [0.15, 0.2) is 97.1 Å². The number of aryl methyl sites for hydroxylation is 4. The van der Waals surface area contributed by atoms with Crippen molar-refractivity contribution < 1.29 is 0 Å². The molecule has 0 amide bonds. The van der Waals surface area contributed by atoms with Crippen LogP contribution in [0.1, 0.15) is 22.3 Å². The van der Waals surface area contributed by atoms with E-state index in [1.807, 2.05) is 0 Å². The standard InChI is InChI=1S/4C7H7.2Bi/c4*1-7-5-3-2-4-6-7;;/h4*3-6H,1H3;;. The van der Waals surface area contributed by atoms with Gasteiger partial charge in [-0.25, -0.2) is 0 Å². The Balaban J connectivity index is 0.000000171. The quantitative estimate of drug-likeness (QED) is 0.276. The topological polar surface area (TPSA) is 0 Å². The summed E-state index contributed by atoms with van der Waals surface area (Å²) in [6, 6.07) is 36.0. The van der Waals surface area contributed by atoms with Gasteiger partial charge in [0.2, 0.25) is 0 Å². The van der Waals surface area contributed by atoms with Crippen molar-refractivity contribution in [2.45, 2.75) is 27.7 Å². The zero-order chi connectivity index (χ0) is 21.3. The molecule has 4 aromatic carbocycles. The molecule has 0 aliphatic rings. The first-order valence-electron chi connectivity index (χ1n) is 10.2. The Morgan fingerprint density at radius 2 is 0.467 bits per heavy atom. The molecule has 0 saturated carbocycles. The van der Waals surface area contributed by atoms with Gasteiger partial charge < -0.3 is 0 Å². The maximum absolute atomic E-state index is 2.28. The maximum atomic E-state index is 2.28. The number of rotatable bonds is 4. The fraction of sp³-hybridized carbons (Fsp3) is 0.143. The molecule has 4 rings (SSSR count). The van der Waals surface area contributed by atoms with Crippen LogP contribution in [0.4, 0.5) is 0 Å². The van der Waals surface area contributed by atoms with Gasteiger partial charge in [0, 0.05) is 0 Å². The second-order valence-corrected chi connectivity index (χ2v) is 17.3. The van der Waals surface area contributed by atoms with E-state index in [0.717, 1.165) is 0 Å². The van der Waals surface area contributed by atoms with Crippen molar-refractivity contribution in [3.8, 4) is 0 Å². The molecule has 150 valence electrons. The van der Waals surface area contributed by atoms with Crippen molar-refractivity contribution in [2.75, 3.05) is 0 Å². The fourth-order valence-electron chi connectivity index (χ4n) is 2.78. The summed E-state index contributed by atoms with van der Waals surface area (Å²) in [5.74, 6) is 0. The van der Waals surface area contributed by atoms with E-state index in [1.165, 1.54) is 22.3 Å². The third-order valence-electron chi connectivity index (χ3n) is 4.65. The average molecular weight is 782 g/mol. The molecule has 0 fully saturated rings. The average Bonchev–Trinajstić information content (AvgIpc) is 2.75. The number of hydrogen-bond acceptors (Lipinski definition) is 0. The van der Waals surface area contributed by atoms with Crippen LogP contribution in [-0.2, 0) is 0 Å². The van der Waals surface area contributed by atoms with Gasteiger partial charge in [0.1, 0.15) is 0 Å². The molecule has 0 saturated heterocycles. The van der Waals surface area contributed by atoms with Crippen molar-refractivity contribution in [2.24, 2.45) is 0 Å². The molecule has 0 aromatic heterocycles. The molecule has 0 heterocycles. The summed E-state index contributed by atoms with van der Waals surface area (Å²) >= 11 is -1.31. The van der Waals surface area contributed by atoms with E-state index in [2.05, 4.69) is 125 Å². The van der Waals surface area contributed by atoms with Gasteiger partial charge in [0.15, 0.2) is 0 Å². The van der Waals surface area contributed by atoms with Gasteiger partial charge in [-0.3, -0.25) is 0 Å². The minimum absolute atomic E-state index is 0.654. The summed E-state index contributed by atoms with van der Waals surface area (Å²) in [6.07, 6.45) is 0. The summed E-state index contributed by atoms with van der Waals surface area (Å²) in [7, 11) is 0. The van der Waals surface area contributed by atoms with Crippen molar-refractivity contribution >= 4 is 59.6 Å². The molecular formula is C28H28Bi2. The predicted molar refractivity (Wildman–Crippen MR) is 135 cm³/mol. The van der Waals surface area contributed by atoms with E-state index in [-0.39, 0.29) is 0 Å². The van der Waals surface area contributed by atoms with Gasteiger partial charge in [-0.1, -0.05) is 0 Å². The molecule has 30 heavy (non-hydrogen) atoms.